The van der Waals surface area contributed by atoms with Crippen molar-refractivity contribution in [3.8, 4) is 5.75 Å². The second-order valence-corrected chi connectivity index (χ2v) is 4.23. The highest BCUT2D eigenvalue weighted by molar-refractivity contribution is 5.60. The number of hydrogen-bond acceptors (Lipinski definition) is 3. The first kappa shape index (κ1) is 12.2. The maximum atomic E-state index is 12.6. The minimum absolute atomic E-state index is 0.446. The SMILES string of the molecule is COc1cc(CF)ccc1N1CCCNCC1. The van der Waals surface area contributed by atoms with Gasteiger partial charge in [-0.15, -0.1) is 0 Å². The van der Waals surface area contributed by atoms with Crippen molar-refractivity contribution in [1.82, 2.24) is 5.32 Å². The van der Waals surface area contributed by atoms with Crippen LogP contribution >= 0.6 is 0 Å². The molecule has 0 atom stereocenters. The highest BCUT2D eigenvalue weighted by Gasteiger charge is 2.14. The Hall–Kier alpha value is -1.29. The van der Waals surface area contributed by atoms with Crippen LogP contribution < -0.4 is 15.0 Å². The third kappa shape index (κ3) is 2.88. The van der Waals surface area contributed by atoms with Crippen molar-refractivity contribution in [3.63, 3.8) is 0 Å². The highest BCUT2D eigenvalue weighted by atomic mass is 19.1. The zero-order valence-corrected chi connectivity index (χ0v) is 10.2. The summed E-state index contributed by atoms with van der Waals surface area (Å²) in [6.45, 7) is 3.57. The van der Waals surface area contributed by atoms with E-state index in [1.165, 1.54) is 0 Å². The van der Waals surface area contributed by atoms with Crippen LogP contribution in [0.2, 0.25) is 0 Å². The molecule has 1 aliphatic heterocycles. The van der Waals surface area contributed by atoms with Gasteiger partial charge < -0.3 is 15.0 Å². The average molecular weight is 238 g/mol. The van der Waals surface area contributed by atoms with E-state index in [1.807, 2.05) is 12.1 Å². The Labute approximate surface area is 102 Å². The maximum Gasteiger partial charge on any atom is 0.142 e. The lowest BCUT2D eigenvalue weighted by Gasteiger charge is -2.24. The van der Waals surface area contributed by atoms with Crippen molar-refractivity contribution in [3.05, 3.63) is 23.8 Å². The quantitative estimate of drug-likeness (QED) is 0.871. The van der Waals surface area contributed by atoms with Crippen LogP contribution in [0.15, 0.2) is 18.2 Å². The van der Waals surface area contributed by atoms with Gasteiger partial charge in [0, 0.05) is 19.6 Å². The number of alkyl halides is 1. The predicted octanol–water partition coefficient (Wildman–Crippen LogP) is 1.96. The first-order chi connectivity index (χ1) is 8.35. The third-order valence-electron chi connectivity index (χ3n) is 3.08. The number of halogens is 1. The van der Waals surface area contributed by atoms with Crippen molar-refractivity contribution < 1.29 is 9.13 Å². The molecule has 4 heteroatoms. The fraction of sp³-hybridized carbons (Fsp3) is 0.538. The molecule has 0 amide bonds. The van der Waals surface area contributed by atoms with Gasteiger partial charge in [0.25, 0.3) is 0 Å². The smallest absolute Gasteiger partial charge is 0.142 e. The molecule has 1 saturated heterocycles. The number of methoxy groups -OCH3 is 1. The Balaban J connectivity index is 2.23. The lowest BCUT2D eigenvalue weighted by atomic mass is 10.2. The Kier molecular flexibility index (Phi) is 4.20. The Morgan fingerprint density at radius 3 is 3.00 bits per heavy atom. The molecule has 17 heavy (non-hydrogen) atoms. The predicted molar refractivity (Wildman–Crippen MR) is 67.5 cm³/mol. The molecule has 0 unspecified atom stereocenters. The van der Waals surface area contributed by atoms with Crippen LogP contribution in [-0.4, -0.2) is 33.3 Å². The normalized spacial score (nSPS) is 16.7. The Bertz CT molecular complexity index is 362. The Morgan fingerprint density at radius 2 is 2.24 bits per heavy atom. The summed E-state index contributed by atoms with van der Waals surface area (Å²) in [4.78, 5) is 2.29. The molecular formula is C13H19FN2O. The van der Waals surface area contributed by atoms with Crippen LogP contribution in [0.5, 0.6) is 5.75 Å². The minimum atomic E-state index is -0.446. The van der Waals surface area contributed by atoms with E-state index in [1.54, 1.807) is 13.2 Å². The largest absolute Gasteiger partial charge is 0.495 e. The van der Waals surface area contributed by atoms with Gasteiger partial charge in [-0.2, -0.15) is 0 Å². The summed E-state index contributed by atoms with van der Waals surface area (Å²) in [5.74, 6) is 0.766. The summed E-state index contributed by atoms with van der Waals surface area (Å²) in [6.07, 6.45) is 1.12. The molecule has 0 saturated carbocycles. The van der Waals surface area contributed by atoms with E-state index in [0.29, 0.717) is 5.56 Å². The first-order valence-electron chi connectivity index (χ1n) is 6.03. The molecule has 94 valence electrons. The zero-order valence-electron chi connectivity index (χ0n) is 10.2. The lowest BCUT2D eigenvalue weighted by molar-refractivity contribution is 0.411. The van der Waals surface area contributed by atoms with Gasteiger partial charge in [-0.05, 0) is 30.7 Å². The molecule has 1 N–H and O–H groups in total. The molecule has 1 aliphatic rings. The molecule has 0 spiro atoms. The standard InChI is InChI=1S/C13H19FN2O/c1-17-13-9-11(10-14)3-4-12(13)16-7-2-5-15-6-8-16/h3-4,9,15H,2,5-8,10H2,1H3. The third-order valence-corrected chi connectivity index (χ3v) is 3.08. The molecule has 1 heterocycles. The number of hydrogen-bond donors (Lipinski definition) is 1. The molecule has 1 aromatic rings. The molecule has 0 aliphatic carbocycles. The fourth-order valence-electron chi connectivity index (χ4n) is 2.15. The van der Waals surface area contributed by atoms with Gasteiger partial charge in [0.1, 0.15) is 12.4 Å². The lowest BCUT2D eigenvalue weighted by Crippen LogP contribution is -2.28. The minimum Gasteiger partial charge on any atom is -0.495 e. The van der Waals surface area contributed by atoms with Gasteiger partial charge in [-0.3, -0.25) is 0 Å². The van der Waals surface area contributed by atoms with Crippen LogP contribution in [0.1, 0.15) is 12.0 Å². The summed E-state index contributed by atoms with van der Waals surface area (Å²) >= 11 is 0. The van der Waals surface area contributed by atoms with E-state index < -0.39 is 6.67 Å². The number of rotatable bonds is 3. The summed E-state index contributed by atoms with van der Waals surface area (Å²) in [6, 6.07) is 5.57. The van der Waals surface area contributed by atoms with Gasteiger partial charge in [0.05, 0.1) is 12.8 Å². The maximum absolute atomic E-state index is 12.6. The van der Waals surface area contributed by atoms with Gasteiger partial charge >= 0.3 is 0 Å². The van der Waals surface area contributed by atoms with Gasteiger partial charge in [-0.25, -0.2) is 4.39 Å². The van der Waals surface area contributed by atoms with E-state index in [9.17, 15) is 4.39 Å². The second kappa shape index (κ2) is 5.87. The van der Waals surface area contributed by atoms with Crippen molar-refractivity contribution in [2.75, 3.05) is 38.2 Å². The van der Waals surface area contributed by atoms with E-state index in [2.05, 4.69) is 10.2 Å². The zero-order chi connectivity index (χ0) is 12.1. The van der Waals surface area contributed by atoms with Crippen LogP contribution in [0.3, 0.4) is 0 Å². The van der Waals surface area contributed by atoms with Gasteiger partial charge in [0.15, 0.2) is 0 Å². The number of benzene rings is 1. The molecular weight excluding hydrogens is 219 g/mol. The van der Waals surface area contributed by atoms with Crippen LogP contribution in [0.4, 0.5) is 10.1 Å². The topological polar surface area (TPSA) is 24.5 Å². The van der Waals surface area contributed by atoms with E-state index in [4.69, 9.17) is 4.74 Å². The summed E-state index contributed by atoms with van der Waals surface area (Å²) in [5.41, 5.74) is 1.73. The number of ether oxygens (including phenoxy) is 1. The van der Waals surface area contributed by atoms with Gasteiger partial charge in [0.2, 0.25) is 0 Å². The highest BCUT2D eigenvalue weighted by Crippen LogP contribution is 2.30. The molecule has 1 aromatic carbocycles. The molecule has 3 nitrogen and oxygen atoms in total. The van der Waals surface area contributed by atoms with Crippen molar-refractivity contribution in [2.45, 2.75) is 13.1 Å². The Morgan fingerprint density at radius 1 is 1.35 bits per heavy atom. The number of nitrogens with one attached hydrogen (secondary N) is 1. The van der Waals surface area contributed by atoms with Crippen molar-refractivity contribution >= 4 is 5.69 Å². The van der Waals surface area contributed by atoms with Crippen molar-refractivity contribution in [1.29, 1.82) is 0 Å². The van der Waals surface area contributed by atoms with E-state index >= 15 is 0 Å². The average Bonchev–Trinajstić information content (AvgIpc) is 2.66. The monoisotopic (exact) mass is 238 g/mol. The van der Waals surface area contributed by atoms with E-state index in [-0.39, 0.29) is 0 Å². The molecule has 0 bridgehead atoms. The van der Waals surface area contributed by atoms with Crippen molar-refractivity contribution in [2.24, 2.45) is 0 Å². The van der Waals surface area contributed by atoms with Crippen LogP contribution in [0, 0.1) is 0 Å². The molecule has 0 aromatic heterocycles. The van der Waals surface area contributed by atoms with Crippen LogP contribution in [-0.2, 0) is 6.67 Å². The second-order valence-electron chi connectivity index (χ2n) is 4.23. The summed E-state index contributed by atoms with van der Waals surface area (Å²) < 4.78 is 18.0. The van der Waals surface area contributed by atoms with Gasteiger partial charge in [-0.1, -0.05) is 6.07 Å². The molecule has 2 rings (SSSR count). The fourth-order valence-corrected chi connectivity index (χ4v) is 2.15. The summed E-state index contributed by atoms with van der Waals surface area (Å²) in [5, 5.41) is 3.36. The van der Waals surface area contributed by atoms with E-state index in [0.717, 1.165) is 44.0 Å². The summed E-state index contributed by atoms with van der Waals surface area (Å²) in [7, 11) is 1.64. The van der Waals surface area contributed by atoms with Crippen LogP contribution in [0.25, 0.3) is 0 Å². The number of anilines is 1. The molecule has 1 fully saturated rings. The number of nitrogens with zero attached hydrogens (tertiary/aromatic N) is 1. The first-order valence-corrected chi connectivity index (χ1v) is 6.03. The molecule has 0 radical (unpaired) electrons.